The smallest absolute Gasteiger partial charge is 0.344 e. The molecule has 0 aliphatic heterocycles. The van der Waals surface area contributed by atoms with E-state index in [-0.39, 0.29) is 12.4 Å². The van der Waals surface area contributed by atoms with Crippen LogP contribution in [0.5, 0.6) is 5.75 Å². The fraction of sp³-hybridized carbons (Fsp3) is 0.167. The quantitative estimate of drug-likeness (QED) is 0.749. The van der Waals surface area contributed by atoms with Gasteiger partial charge < -0.3 is 14.8 Å². The standard InChI is InChI=1S/C18H15BrN2O4/c1-12-8-14(6-7-15(12)19)21-17(22)10-25-18(23)11-24-16-5-3-2-4-13(16)9-20/h2-8H,10-11H2,1H3,(H,21,22). The lowest BCUT2D eigenvalue weighted by atomic mass is 10.2. The van der Waals surface area contributed by atoms with Gasteiger partial charge in [0.2, 0.25) is 0 Å². The van der Waals surface area contributed by atoms with E-state index in [4.69, 9.17) is 14.7 Å². The molecule has 1 N–H and O–H groups in total. The highest BCUT2D eigenvalue weighted by Gasteiger charge is 2.10. The number of amides is 1. The van der Waals surface area contributed by atoms with Gasteiger partial charge in [-0.15, -0.1) is 0 Å². The van der Waals surface area contributed by atoms with Gasteiger partial charge in [0.25, 0.3) is 5.91 Å². The van der Waals surface area contributed by atoms with Crippen LogP contribution in [0.2, 0.25) is 0 Å². The molecule has 0 fully saturated rings. The van der Waals surface area contributed by atoms with Crippen molar-refractivity contribution in [3.05, 3.63) is 58.1 Å². The maximum absolute atomic E-state index is 11.8. The van der Waals surface area contributed by atoms with E-state index in [1.807, 2.05) is 19.1 Å². The molecule has 0 saturated carbocycles. The Morgan fingerprint density at radius 1 is 1.20 bits per heavy atom. The Labute approximate surface area is 153 Å². The number of benzene rings is 2. The Bertz CT molecular complexity index is 830. The van der Waals surface area contributed by atoms with Crippen LogP contribution < -0.4 is 10.1 Å². The van der Waals surface area contributed by atoms with Gasteiger partial charge in [-0.1, -0.05) is 28.1 Å². The topological polar surface area (TPSA) is 88.4 Å². The molecule has 1 amide bonds. The highest BCUT2D eigenvalue weighted by atomic mass is 79.9. The average molecular weight is 403 g/mol. The van der Waals surface area contributed by atoms with Gasteiger partial charge in [-0.25, -0.2) is 4.79 Å². The number of halogens is 1. The molecule has 2 aromatic rings. The molecule has 7 heteroatoms. The van der Waals surface area contributed by atoms with E-state index < -0.39 is 18.5 Å². The molecule has 128 valence electrons. The van der Waals surface area contributed by atoms with Crippen LogP contribution in [0.3, 0.4) is 0 Å². The second-order valence-corrected chi connectivity index (χ2v) is 5.92. The first kappa shape index (κ1) is 18.5. The number of ether oxygens (including phenoxy) is 2. The average Bonchev–Trinajstić information content (AvgIpc) is 2.61. The summed E-state index contributed by atoms with van der Waals surface area (Å²) >= 11 is 3.38. The first-order chi connectivity index (χ1) is 12.0. The van der Waals surface area contributed by atoms with Crippen LogP contribution in [0.25, 0.3) is 0 Å². The van der Waals surface area contributed by atoms with Gasteiger partial charge in [0.15, 0.2) is 13.2 Å². The molecule has 25 heavy (non-hydrogen) atoms. The van der Waals surface area contributed by atoms with Crippen LogP contribution in [0.1, 0.15) is 11.1 Å². The summed E-state index contributed by atoms with van der Waals surface area (Å²) in [5.41, 5.74) is 1.90. The fourth-order valence-electron chi connectivity index (χ4n) is 1.93. The molecule has 0 aromatic heterocycles. The van der Waals surface area contributed by atoms with Crippen LogP contribution in [-0.2, 0) is 14.3 Å². The molecule has 6 nitrogen and oxygen atoms in total. The molecule has 0 radical (unpaired) electrons. The Morgan fingerprint density at radius 2 is 1.96 bits per heavy atom. The molecule has 0 aliphatic rings. The van der Waals surface area contributed by atoms with E-state index in [0.717, 1.165) is 10.0 Å². The minimum atomic E-state index is -0.699. The molecule has 0 bridgehead atoms. The van der Waals surface area contributed by atoms with Crippen molar-refractivity contribution >= 4 is 33.5 Å². The number of nitrogens with one attached hydrogen (secondary N) is 1. The van der Waals surface area contributed by atoms with Crippen LogP contribution in [0.15, 0.2) is 46.9 Å². The van der Waals surface area contributed by atoms with Crippen LogP contribution in [0, 0.1) is 18.3 Å². The second-order valence-electron chi connectivity index (χ2n) is 5.07. The SMILES string of the molecule is Cc1cc(NC(=O)COC(=O)COc2ccccc2C#N)ccc1Br. The summed E-state index contributed by atoms with van der Waals surface area (Å²) in [6, 6.07) is 13.8. The Hall–Kier alpha value is -2.85. The normalized spacial score (nSPS) is 9.80. The van der Waals surface area contributed by atoms with E-state index in [0.29, 0.717) is 11.3 Å². The summed E-state index contributed by atoms with van der Waals surface area (Å²) in [5, 5.41) is 11.6. The summed E-state index contributed by atoms with van der Waals surface area (Å²) in [4.78, 5) is 23.5. The lowest BCUT2D eigenvalue weighted by molar-refractivity contribution is -0.149. The monoisotopic (exact) mass is 402 g/mol. The maximum atomic E-state index is 11.8. The van der Waals surface area contributed by atoms with Crippen LogP contribution in [-0.4, -0.2) is 25.1 Å². The molecular formula is C18H15BrN2O4. The van der Waals surface area contributed by atoms with E-state index >= 15 is 0 Å². The van der Waals surface area contributed by atoms with Crippen molar-refractivity contribution in [1.82, 2.24) is 0 Å². The Balaban J connectivity index is 1.78. The van der Waals surface area contributed by atoms with Crippen LogP contribution >= 0.6 is 15.9 Å². The number of nitriles is 1. The molecule has 0 heterocycles. The van der Waals surface area contributed by atoms with E-state index in [2.05, 4.69) is 21.2 Å². The van der Waals surface area contributed by atoms with Crippen molar-refractivity contribution in [2.24, 2.45) is 0 Å². The number of esters is 1. The summed E-state index contributed by atoms with van der Waals surface area (Å²) in [6.07, 6.45) is 0. The molecular weight excluding hydrogens is 388 g/mol. The molecule has 2 aromatic carbocycles. The van der Waals surface area contributed by atoms with E-state index in [1.54, 1.807) is 36.4 Å². The molecule has 0 saturated heterocycles. The first-order valence-corrected chi connectivity index (χ1v) is 8.12. The van der Waals surface area contributed by atoms with Gasteiger partial charge in [0.1, 0.15) is 11.8 Å². The molecule has 0 spiro atoms. The molecule has 0 unspecified atom stereocenters. The number of anilines is 1. The summed E-state index contributed by atoms with van der Waals surface area (Å²) < 4.78 is 11.0. The summed E-state index contributed by atoms with van der Waals surface area (Å²) in [7, 11) is 0. The predicted octanol–water partition coefficient (Wildman–Crippen LogP) is 3.19. The van der Waals surface area contributed by atoms with Gasteiger partial charge in [-0.3, -0.25) is 4.79 Å². The van der Waals surface area contributed by atoms with Crippen LogP contribution in [0.4, 0.5) is 5.69 Å². The molecule has 0 aliphatic carbocycles. The number of carbonyl (C=O) groups excluding carboxylic acids is 2. The number of rotatable bonds is 6. The maximum Gasteiger partial charge on any atom is 0.344 e. The van der Waals surface area contributed by atoms with Gasteiger partial charge >= 0.3 is 5.97 Å². The number of para-hydroxylation sites is 1. The summed E-state index contributed by atoms with van der Waals surface area (Å²) in [6.45, 7) is 1.09. The molecule has 2 rings (SSSR count). The Morgan fingerprint density at radius 3 is 2.68 bits per heavy atom. The molecule has 0 atom stereocenters. The number of nitrogens with zero attached hydrogens (tertiary/aromatic N) is 1. The van der Waals surface area contributed by atoms with Crippen molar-refractivity contribution in [3.8, 4) is 11.8 Å². The van der Waals surface area contributed by atoms with Crippen molar-refractivity contribution in [1.29, 1.82) is 5.26 Å². The van der Waals surface area contributed by atoms with E-state index in [1.165, 1.54) is 0 Å². The largest absolute Gasteiger partial charge is 0.481 e. The Kier molecular flexibility index (Phi) is 6.54. The third-order valence-electron chi connectivity index (χ3n) is 3.16. The van der Waals surface area contributed by atoms with Crippen molar-refractivity contribution < 1.29 is 19.1 Å². The van der Waals surface area contributed by atoms with Gasteiger partial charge in [0, 0.05) is 10.2 Å². The lowest BCUT2D eigenvalue weighted by Gasteiger charge is -2.09. The number of aryl methyl sites for hydroxylation is 1. The highest BCUT2D eigenvalue weighted by molar-refractivity contribution is 9.10. The number of carbonyl (C=O) groups is 2. The summed E-state index contributed by atoms with van der Waals surface area (Å²) in [5.74, 6) is -0.862. The number of hydrogen-bond donors (Lipinski definition) is 1. The lowest BCUT2D eigenvalue weighted by Crippen LogP contribution is -2.23. The highest BCUT2D eigenvalue weighted by Crippen LogP contribution is 2.20. The van der Waals surface area contributed by atoms with Crippen molar-refractivity contribution in [3.63, 3.8) is 0 Å². The van der Waals surface area contributed by atoms with Gasteiger partial charge in [-0.05, 0) is 42.8 Å². The van der Waals surface area contributed by atoms with E-state index in [9.17, 15) is 9.59 Å². The minimum Gasteiger partial charge on any atom is -0.481 e. The first-order valence-electron chi connectivity index (χ1n) is 7.33. The zero-order valence-electron chi connectivity index (χ0n) is 13.4. The number of hydrogen-bond acceptors (Lipinski definition) is 5. The van der Waals surface area contributed by atoms with Gasteiger partial charge in [0.05, 0.1) is 5.56 Å². The van der Waals surface area contributed by atoms with Crippen molar-refractivity contribution in [2.45, 2.75) is 6.92 Å². The fourth-order valence-corrected chi connectivity index (χ4v) is 2.18. The predicted molar refractivity (Wildman–Crippen MR) is 95.1 cm³/mol. The second kappa shape index (κ2) is 8.85. The zero-order chi connectivity index (χ0) is 18.2. The third kappa shape index (κ3) is 5.62. The minimum absolute atomic E-state index is 0.289. The van der Waals surface area contributed by atoms with Gasteiger partial charge in [-0.2, -0.15) is 5.26 Å². The van der Waals surface area contributed by atoms with Crippen molar-refractivity contribution in [2.75, 3.05) is 18.5 Å². The third-order valence-corrected chi connectivity index (χ3v) is 4.05. The zero-order valence-corrected chi connectivity index (χ0v) is 15.0.